The SMILES string of the molecule is CC(C)SC(=O)[C@H](C)NP(=O)(OC[C@H]1O[C@@H](n2ccc(=O)[nH]c2=O)[C@](C)(F)[C@@H]1O)Oc1ccc(S)cc1. The summed E-state index contributed by atoms with van der Waals surface area (Å²) in [5.41, 5.74) is -4.10. The van der Waals surface area contributed by atoms with Crippen LogP contribution in [-0.4, -0.2) is 55.5 Å². The minimum Gasteiger partial charge on any atom is -0.413 e. The zero-order chi connectivity index (χ0) is 27.5. The molecule has 6 atom stereocenters. The van der Waals surface area contributed by atoms with Gasteiger partial charge in [0.2, 0.25) is 5.12 Å². The van der Waals surface area contributed by atoms with E-state index in [1.165, 1.54) is 19.1 Å². The summed E-state index contributed by atoms with van der Waals surface area (Å²) in [6.07, 6.45) is -3.75. The quantitative estimate of drug-likeness (QED) is 0.245. The number of nitrogens with zero attached hydrogens (tertiary/aromatic N) is 1. The lowest BCUT2D eigenvalue weighted by atomic mass is 9.98. The average molecular weight is 578 g/mol. The van der Waals surface area contributed by atoms with Gasteiger partial charge in [-0.3, -0.25) is 23.7 Å². The molecule has 3 rings (SSSR count). The Morgan fingerprint density at radius 2 is 1.97 bits per heavy atom. The monoisotopic (exact) mass is 577 g/mol. The number of ether oxygens (including phenoxy) is 1. The van der Waals surface area contributed by atoms with Gasteiger partial charge in [-0.2, -0.15) is 0 Å². The topological polar surface area (TPSA) is 149 Å². The number of hydrogen-bond acceptors (Lipinski definition) is 10. The number of aliphatic hydroxyl groups excluding tert-OH is 1. The van der Waals surface area contributed by atoms with Crippen molar-refractivity contribution in [1.29, 1.82) is 0 Å². The number of rotatable bonds is 10. The predicted molar refractivity (Wildman–Crippen MR) is 139 cm³/mol. The van der Waals surface area contributed by atoms with Crippen molar-refractivity contribution < 1.29 is 32.6 Å². The van der Waals surface area contributed by atoms with Gasteiger partial charge in [0.15, 0.2) is 11.9 Å². The Balaban J connectivity index is 1.81. The first-order chi connectivity index (χ1) is 17.2. The summed E-state index contributed by atoms with van der Waals surface area (Å²) in [5, 5.41) is 12.8. The van der Waals surface area contributed by atoms with Gasteiger partial charge in [-0.05, 0) is 38.1 Å². The van der Waals surface area contributed by atoms with Gasteiger partial charge in [0.25, 0.3) is 5.56 Å². The molecule has 2 heterocycles. The van der Waals surface area contributed by atoms with Crippen molar-refractivity contribution in [2.24, 2.45) is 0 Å². The fraction of sp³-hybridized carbons (Fsp3) is 0.500. The van der Waals surface area contributed by atoms with Crippen molar-refractivity contribution in [2.45, 2.75) is 68.0 Å². The second-order valence-corrected chi connectivity index (χ2v) is 12.6. The number of aromatic amines is 1. The largest absolute Gasteiger partial charge is 0.459 e. The molecule has 204 valence electrons. The smallest absolute Gasteiger partial charge is 0.413 e. The van der Waals surface area contributed by atoms with Gasteiger partial charge in [0, 0.05) is 22.4 Å². The molecular weight excluding hydrogens is 548 g/mol. The first kappa shape index (κ1) is 29.6. The molecule has 1 aromatic heterocycles. The van der Waals surface area contributed by atoms with Crippen LogP contribution in [0.2, 0.25) is 0 Å². The van der Waals surface area contributed by atoms with Crippen LogP contribution < -0.4 is 20.9 Å². The average Bonchev–Trinajstić information content (AvgIpc) is 3.02. The van der Waals surface area contributed by atoms with Crippen LogP contribution in [0.1, 0.15) is 33.9 Å². The lowest BCUT2D eigenvalue weighted by Gasteiger charge is -2.25. The number of nitrogens with one attached hydrogen (secondary N) is 2. The molecule has 1 aromatic carbocycles. The molecule has 1 unspecified atom stereocenters. The Bertz CT molecular complexity index is 1270. The number of carbonyl (C=O) groups is 1. The fourth-order valence-corrected chi connectivity index (χ4v) is 5.97. The number of thioether (sulfide) groups is 1. The molecule has 0 aliphatic carbocycles. The maximum Gasteiger partial charge on any atom is 0.459 e. The maximum atomic E-state index is 15.5. The van der Waals surface area contributed by atoms with Gasteiger partial charge in [-0.25, -0.2) is 18.8 Å². The van der Waals surface area contributed by atoms with E-state index in [0.29, 0.717) is 4.90 Å². The van der Waals surface area contributed by atoms with E-state index in [9.17, 15) is 24.1 Å². The number of aliphatic hydroxyl groups is 1. The number of benzene rings is 1. The second kappa shape index (κ2) is 11.9. The number of H-pyrrole nitrogens is 1. The molecule has 0 spiro atoms. The van der Waals surface area contributed by atoms with Crippen LogP contribution in [0.5, 0.6) is 5.75 Å². The number of thiol groups is 1. The normalized spacial score (nSPS) is 26.1. The molecular formula is C22H29FN3O8PS2. The van der Waals surface area contributed by atoms with Crippen molar-refractivity contribution in [3.63, 3.8) is 0 Å². The van der Waals surface area contributed by atoms with Gasteiger partial charge in [-0.1, -0.05) is 25.6 Å². The highest BCUT2D eigenvalue weighted by Gasteiger charge is 2.55. The number of hydrogen-bond donors (Lipinski definition) is 4. The highest BCUT2D eigenvalue weighted by Crippen LogP contribution is 2.47. The highest BCUT2D eigenvalue weighted by atomic mass is 32.2. The van der Waals surface area contributed by atoms with Crippen LogP contribution in [0.15, 0.2) is 51.0 Å². The highest BCUT2D eigenvalue weighted by molar-refractivity contribution is 8.14. The summed E-state index contributed by atoms with van der Waals surface area (Å²) < 4.78 is 46.6. The van der Waals surface area contributed by atoms with Gasteiger partial charge in [0.05, 0.1) is 12.6 Å². The minimum atomic E-state index is -4.28. The fourth-order valence-electron chi connectivity index (χ4n) is 3.49. The van der Waals surface area contributed by atoms with Crippen molar-refractivity contribution in [3.05, 3.63) is 57.4 Å². The Hall–Kier alpha value is -1.93. The van der Waals surface area contributed by atoms with E-state index >= 15 is 4.39 Å². The summed E-state index contributed by atoms with van der Waals surface area (Å²) in [6, 6.07) is 6.23. The third kappa shape index (κ3) is 7.34. The van der Waals surface area contributed by atoms with Crippen molar-refractivity contribution in [2.75, 3.05) is 6.61 Å². The van der Waals surface area contributed by atoms with Crippen molar-refractivity contribution >= 4 is 37.3 Å². The molecule has 1 aliphatic rings. The van der Waals surface area contributed by atoms with Gasteiger partial charge in [0.1, 0.15) is 18.0 Å². The van der Waals surface area contributed by atoms with Gasteiger partial charge < -0.3 is 14.4 Å². The summed E-state index contributed by atoms with van der Waals surface area (Å²) in [7, 11) is -4.28. The van der Waals surface area contributed by atoms with E-state index in [1.807, 2.05) is 18.8 Å². The summed E-state index contributed by atoms with van der Waals surface area (Å²) in [4.78, 5) is 38.6. The Morgan fingerprint density at radius 1 is 1.32 bits per heavy atom. The summed E-state index contributed by atoms with van der Waals surface area (Å²) in [5.74, 6) is 0.144. The number of halogens is 1. The van der Waals surface area contributed by atoms with Crippen LogP contribution >= 0.6 is 32.1 Å². The molecule has 3 N–H and O–H groups in total. The Labute approximate surface area is 222 Å². The minimum absolute atomic E-state index is 0.0153. The number of alkyl halides is 1. The maximum absolute atomic E-state index is 15.5. The zero-order valence-corrected chi connectivity index (χ0v) is 23.1. The molecule has 0 bridgehead atoms. The van der Waals surface area contributed by atoms with E-state index in [0.717, 1.165) is 35.5 Å². The Kier molecular flexibility index (Phi) is 9.49. The van der Waals surface area contributed by atoms with Gasteiger partial charge >= 0.3 is 13.4 Å². The third-order valence-corrected chi connectivity index (χ3v) is 8.35. The van der Waals surface area contributed by atoms with E-state index in [1.54, 1.807) is 12.1 Å². The molecule has 0 amide bonds. The lowest BCUT2D eigenvalue weighted by Crippen LogP contribution is -2.43. The standard InChI is InChI=1S/C22H29FN3O8PS2/c1-12(2)37-19(29)13(3)25-35(31,34-14-5-7-15(36)8-6-14)32-11-16-18(28)22(4,23)20(33-16)26-10-9-17(27)24-21(26)30/h5-10,12-13,16,18,20,28,36H,11H2,1-4H3,(H,25,31)(H,24,27,30)/t13-,16+,18+,20+,22+,35?/m0/s1. The molecule has 15 heteroatoms. The van der Waals surface area contributed by atoms with Crippen LogP contribution in [0.4, 0.5) is 4.39 Å². The molecule has 11 nitrogen and oxygen atoms in total. The molecule has 0 radical (unpaired) electrons. The molecule has 1 saturated heterocycles. The molecule has 37 heavy (non-hydrogen) atoms. The predicted octanol–water partition coefficient (Wildman–Crippen LogP) is 2.66. The number of carbonyl (C=O) groups excluding carboxylic acids is 1. The Morgan fingerprint density at radius 3 is 2.57 bits per heavy atom. The van der Waals surface area contributed by atoms with Crippen LogP contribution in [0.3, 0.4) is 0 Å². The van der Waals surface area contributed by atoms with E-state index in [4.69, 9.17) is 13.8 Å². The molecule has 1 fully saturated rings. The van der Waals surface area contributed by atoms with Crippen LogP contribution in [0.25, 0.3) is 0 Å². The third-order valence-electron chi connectivity index (χ3n) is 5.35. The second-order valence-electron chi connectivity index (χ2n) is 8.86. The zero-order valence-electron chi connectivity index (χ0n) is 20.5. The van der Waals surface area contributed by atoms with E-state index in [2.05, 4.69) is 17.7 Å². The summed E-state index contributed by atoms with van der Waals surface area (Å²) in [6.45, 7) is 5.56. The molecule has 0 saturated carbocycles. The van der Waals surface area contributed by atoms with Crippen LogP contribution in [-0.2, 0) is 18.6 Å². The first-order valence-corrected chi connectivity index (χ1v) is 14.1. The number of aromatic nitrogens is 2. The lowest BCUT2D eigenvalue weighted by molar-refractivity contribution is -0.112. The molecule has 1 aliphatic heterocycles. The van der Waals surface area contributed by atoms with E-state index < -0.39 is 55.7 Å². The van der Waals surface area contributed by atoms with Gasteiger partial charge in [-0.15, -0.1) is 12.6 Å². The van der Waals surface area contributed by atoms with Crippen molar-refractivity contribution in [3.8, 4) is 5.75 Å². The van der Waals surface area contributed by atoms with Crippen molar-refractivity contribution in [1.82, 2.24) is 14.6 Å². The van der Waals surface area contributed by atoms with E-state index in [-0.39, 0.29) is 16.1 Å². The molecule has 2 aromatic rings. The first-order valence-electron chi connectivity index (χ1n) is 11.3. The summed E-state index contributed by atoms with van der Waals surface area (Å²) >= 11 is 5.23. The van der Waals surface area contributed by atoms with Crippen LogP contribution in [0, 0.1) is 0 Å².